The Balaban J connectivity index is 1.56. The average molecular weight is 499 g/mol. The van der Waals surface area contributed by atoms with Gasteiger partial charge < -0.3 is 10.3 Å². The number of anilines is 1. The number of carbonyl (C=O) groups is 1. The molecule has 0 saturated carbocycles. The molecule has 2 aliphatic heterocycles. The highest BCUT2D eigenvalue weighted by Crippen LogP contribution is 2.40. The number of hydrogen-bond acceptors (Lipinski definition) is 5. The van der Waals surface area contributed by atoms with Crippen molar-refractivity contribution < 1.29 is 18.0 Å². The van der Waals surface area contributed by atoms with Gasteiger partial charge in [0.25, 0.3) is 0 Å². The van der Waals surface area contributed by atoms with Gasteiger partial charge in [-0.2, -0.15) is 23.4 Å². The van der Waals surface area contributed by atoms with Gasteiger partial charge in [0, 0.05) is 72.4 Å². The molecule has 1 fully saturated rings. The van der Waals surface area contributed by atoms with Crippen LogP contribution in [-0.4, -0.2) is 55.6 Å². The van der Waals surface area contributed by atoms with E-state index < -0.39 is 11.9 Å². The highest BCUT2D eigenvalue weighted by Gasteiger charge is 2.38. The number of piperidine rings is 1. The summed E-state index contributed by atoms with van der Waals surface area (Å²) in [6.45, 7) is 1.96. The Morgan fingerprint density at radius 2 is 1.89 bits per heavy atom. The molecule has 2 aliphatic rings. The highest BCUT2D eigenvalue weighted by atomic mass is 19.4. The van der Waals surface area contributed by atoms with Gasteiger partial charge in [-0.1, -0.05) is 0 Å². The molecule has 188 valence electrons. The second-order valence-corrected chi connectivity index (χ2v) is 9.36. The van der Waals surface area contributed by atoms with E-state index in [2.05, 4.69) is 20.4 Å². The van der Waals surface area contributed by atoms with Gasteiger partial charge in [0.1, 0.15) is 5.65 Å². The van der Waals surface area contributed by atoms with Crippen molar-refractivity contribution in [3.8, 4) is 22.3 Å². The molecule has 6 rings (SSSR count). The fraction of sp³-hybridized carbons (Fsp3) is 0.417. The molecule has 0 unspecified atom stereocenters. The van der Waals surface area contributed by atoms with Gasteiger partial charge in [-0.25, -0.2) is 4.98 Å². The lowest BCUT2D eigenvalue weighted by Crippen LogP contribution is -2.30. The molecule has 1 saturated heterocycles. The zero-order valence-electron chi connectivity index (χ0n) is 19.6. The maximum Gasteiger partial charge on any atom is 0.435 e. The number of rotatable bonds is 1. The third kappa shape index (κ3) is 3.85. The van der Waals surface area contributed by atoms with Crippen LogP contribution in [0.15, 0.2) is 30.9 Å². The lowest BCUT2D eigenvalue weighted by Gasteiger charge is -2.23. The zero-order chi connectivity index (χ0) is 25.0. The maximum absolute atomic E-state index is 13.9. The number of hydrogen-bond donors (Lipinski definition) is 2. The van der Waals surface area contributed by atoms with Gasteiger partial charge in [-0.05, 0) is 38.4 Å². The lowest BCUT2D eigenvalue weighted by atomic mass is 10.0. The smallest absolute Gasteiger partial charge is 0.346 e. The number of nitrogens with zero attached hydrogens (tertiary/aromatic N) is 6. The first kappa shape index (κ1) is 22.8. The predicted molar refractivity (Wildman–Crippen MR) is 127 cm³/mol. The summed E-state index contributed by atoms with van der Waals surface area (Å²) in [7, 11) is 1.69. The summed E-state index contributed by atoms with van der Waals surface area (Å²) in [4.78, 5) is 22.1. The largest absolute Gasteiger partial charge is 0.435 e. The Kier molecular flexibility index (Phi) is 5.36. The number of pyridine rings is 1. The molecule has 36 heavy (non-hydrogen) atoms. The lowest BCUT2D eigenvalue weighted by molar-refractivity contribution is -0.141. The highest BCUT2D eigenvalue weighted by molar-refractivity contribution is 5.99. The van der Waals surface area contributed by atoms with Gasteiger partial charge >= 0.3 is 6.18 Å². The monoisotopic (exact) mass is 498 g/mol. The van der Waals surface area contributed by atoms with Gasteiger partial charge in [-0.15, -0.1) is 0 Å². The minimum absolute atomic E-state index is 0.0150. The number of alkyl halides is 3. The fourth-order valence-electron chi connectivity index (χ4n) is 5.09. The molecule has 4 aromatic rings. The summed E-state index contributed by atoms with van der Waals surface area (Å²) >= 11 is 0. The Morgan fingerprint density at radius 1 is 1.08 bits per heavy atom. The molecule has 0 aromatic carbocycles. The first-order valence-electron chi connectivity index (χ1n) is 12.0. The van der Waals surface area contributed by atoms with Gasteiger partial charge in [0.2, 0.25) is 5.91 Å². The number of aryl methyl sites for hydroxylation is 1. The van der Waals surface area contributed by atoms with E-state index in [9.17, 15) is 18.0 Å². The van der Waals surface area contributed by atoms with Crippen molar-refractivity contribution in [3.05, 3.63) is 36.5 Å². The normalized spacial score (nSPS) is 17.6. The summed E-state index contributed by atoms with van der Waals surface area (Å²) in [5, 5.41) is 12.5. The Labute approximate surface area is 204 Å². The van der Waals surface area contributed by atoms with Crippen LogP contribution < -0.4 is 10.2 Å². The van der Waals surface area contributed by atoms with E-state index in [-0.39, 0.29) is 30.5 Å². The minimum Gasteiger partial charge on any atom is -0.346 e. The summed E-state index contributed by atoms with van der Waals surface area (Å²) < 4.78 is 44.9. The third-order valence-electron chi connectivity index (χ3n) is 7.03. The van der Waals surface area contributed by atoms with E-state index in [1.54, 1.807) is 19.4 Å². The van der Waals surface area contributed by atoms with E-state index in [1.807, 2.05) is 16.9 Å². The van der Waals surface area contributed by atoms with Crippen LogP contribution >= 0.6 is 0 Å². The topological polar surface area (TPSA) is 96.7 Å². The van der Waals surface area contributed by atoms with Crippen LogP contribution in [0.1, 0.15) is 37.4 Å². The van der Waals surface area contributed by atoms with Gasteiger partial charge in [0.05, 0.1) is 6.04 Å². The second kappa shape index (κ2) is 8.47. The Bertz CT molecular complexity index is 1440. The summed E-state index contributed by atoms with van der Waals surface area (Å²) in [6.07, 6.45) is 4.24. The molecular formula is C24H25F3N8O. The molecule has 9 nitrogen and oxygen atoms in total. The molecule has 12 heteroatoms. The van der Waals surface area contributed by atoms with Crippen molar-refractivity contribution in [1.82, 2.24) is 34.8 Å². The number of H-pyrrole nitrogens is 1. The molecule has 6 heterocycles. The summed E-state index contributed by atoms with van der Waals surface area (Å²) in [5.74, 6) is 0.354. The minimum atomic E-state index is -4.62. The second-order valence-electron chi connectivity index (χ2n) is 9.36. The van der Waals surface area contributed by atoms with Crippen LogP contribution in [0.2, 0.25) is 0 Å². The molecule has 1 amide bonds. The molecular weight excluding hydrogens is 473 g/mol. The van der Waals surface area contributed by atoms with Crippen molar-refractivity contribution >= 4 is 22.8 Å². The van der Waals surface area contributed by atoms with Crippen molar-refractivity contribution in [2.75, 3.05) is 25.0 Å². The summed E-state index contributed by atoms with van der Waals surface area (Å²) in [5.41, 5.74) is 1.28. The third-order valence-corrected chi connectivity index (χ3v) is 7.03. The van der Waals surface area contributed by atoms with Crippen LogP contribution in [0.3, 0.4) is 0 Å². The van der Waals surface area contributed by atoms with Gasteiger partial charge in [0.15, 0.2) is 11.5 Å². The van der Waals surface area contributed by atoms with Crippen molar-refractivity contribution in [1.29, 1.82) is 0 Å². The Morgan fingerprint density at radius 3 is 2.67 bits per heavy atom. The van der Waals surface area contributed by atoms with E-state index >= 15 is 0 Å². The van der Waals surface area contributed by atoms with Crippen molar-refractivity contribution in [2.45, 2.75) is 44.4 Å². The number of fused-ring (bicyclic) bond motifs is 6. The Hall–Kier alpha value is -3.67. The molecule has 0 spiro atoms. The number of amides is 1. The first-order chi connectivity index (χ1) is 17.3. The number of halogens is 3. The predicted octanol–water partition coefficient (Wildman–Crippen LogP) is 3.99. The molecule has 0 aliphatic carbocycles. The zero-order valence-corrected chi connectivity index (χ0v) is 19.6. The SMILES string of the molecule is CN1C(=O)CCCn2cc(c(C(F)(F)F)n2)-c2c[nH]c3ncc(cc23)-c2cn(C3CCNCC3)nc21. The van der Waals surface area contributed by atoms with Crippen LogP contribution in [-0.2, 0) is 17.5 Å². The first-order valence-corrected chi connectivity index (χ1v) is 12.0. The fourth-order valence-corrected chi connectivity index (χ4v) is 5.09. The quantitative estimate of drug-likeness (QED) is 0.414. The molecule has 0 atom stereocenters. The molecule has 0 radical (unpaired) electrons. The van der Waals surface area contributed by atoms with Crippen LogP contribution in [0.4, 0.5) is 19.0 Å². The summed E-state index contributed by atoms with van der Waals surface area (Å²) in [6, 6.07) is 2.01. The van der Waals surface area contributed by atoms with Gasteiger partial charge in [-0.3, -0.25) is 19.1 Å². The molecule has 2 N–H and O–H groups in total. The van der Waals surface area contributed by atoms with E-state index in [0.29, 0.717) is 34.4 Å². The molecule has 4 aromatic heterocycles. The van der Waals surface area contributed by atoms with Crippen LogP contribution in [0.25, 0.3) is 33.3 Å². The van der Waals surface area contributed by atoms with E-state index in [4.69, 9.17) is 5.10 Å². The standard InChI is InChI=1S/C24H25F3N8O/c1-33-20(36)3-2-8-34-12-19(21(31-34)24(25,26)27)17-11-30-22-16(17)9-14(10-29-22)18-13-35(32-23(18)33)15-4-6-28-7-5-15/h9-13,15,28H,2-8H2,1H3,(H,29,30). The number of nitrogens with one attached hydrogen (secondary N) is 2. The van der Waals surface area contributed by atoms with E-state index in [1.165, 1.54) is 15.8 Å². The van der Waals surface area contributed by atoms with Crippen molar-refractivity contribution in [2.24, 2.45) is 0 Å². The number of aromatic amines is 1. The number of carbonyl (C=O) groups excluding carboxylic acids is 1. The van der Waals surface area contributed by atoms with Crippen LogP contribution in [0.5, 0.6) is 0 Å². The maximum atomic E-state index is 13.9. The van der Waals surface area contributed by atoms with Crippen molar-refractivity contribution in [3.63, 3.8) is 0 Å². The number of aromatic nitrogens is 6. The average Bonchev–Trinajstić information content (AvgIpc) is 3.59. The molecule has 4 bridgehead atoms. The van der Waals surface area contributed by atoms with E-state index in [0.717, 1.165) is 31.5 Å². The van der Waals surface area contributed by atoms with Crippen LogP contribution in [0, 0.1) is 0 Å².